The van der Waals surface area contributed by atoms with Crippen LogP contribution in [-0.4, -0.2) is 25.2 Å². The van der Waals surface area contributed by atoms with Crippen molar-refractivity contribution in [2.24, 2.45) is 11.7 Å². The van der Waals surface area contributed by atoms with E-state index in [1.165, 1.54) is 0 Å². The first-order chi connectivity index (χ1) is 9.99. The minimum absolute atomic E-state index is 0.00190. The molecule has 1 aliphatic heterocycles. The molecule has 2 rings (SSSR count). The Bertz CT molecular complexity index is 502. The van der Waals surface area contributed by atoms with Crippen LogP contribution in [0.25, 0.3) is 0 Å². The molecule has 5 nitrogen and oxygen atoms in total. The Hall–Kier alpha value is -1.75. The van der Waals surface area contributed by atoms with E-state index in [2.05, 4.69) is 5.32 Å². The Labute approximate surface area is 125 Å². The van der Waals surface area contributed by atoms with Gasteiger partial charge in [0.05, 0.1) is 19.3 Å². The van der Waals surface area contributed by atoms with Crippen molar-refractivity contribution in [3.63, 3.8) is 0 Å². The summed E-state index contributed by atoms with van der Waals surface area (Å²) in [6.07, 6.45) is 0.884. The molecule has 0 fully saturated rings. The minimum Gasteiger partial charge on any atom is -0.490 e. The number of nitrogens with one attached hydrogen (secondary N) is 1. The predicted octanol–water partition coefficient (Wildman–Crippen LogP) is 2.01. The number of hydrogen-bond acceptors (Lipinski definition) is 4. The zero-order valence-corrected chi connectivity index (χ0v) is 12.9. The summed E-state index contributed by atoms with van der Waals surface area (Å²) in [5.74, 6) is 1.36. The maximum atomic E-state index is 11.5. The van der Waals surface area contributed by atoms with E-state index < -0.39 is 0 Å². The number of amides is 1. The molecule has 2 unspecified atom stereocenters. The summed E-state index contributed by atoms with van der Waals surface area (Å²) in [7, 11) is 0. The van der Waals surface area contributed by atoms with Crippen LogP contribution in [-0.2, 0) is 4.79 Å². The Balaban J connectivity index is 2.14. The number of ether oxygens (including phenoxy) is 2. The van der Waals surface area contributed by atoms with Crippen molar-refractivity contribution in [2.75, 3.05) is 13.2 Å². The van der Waals surface area contributed by atoms with Gasteiger partial charge in [0, 0.05) is 12.5 Å². The Morgan fingerprint density at radius 1 is 1.19 bits per heavy atom. The van der Waals surface area contributed by atoms with Crippen LogP contribution in [0, 0.1) is 5.92 Å². The van der Waals surface area contributed by atoms with E-state index in [1.54, 1.807) is 0 Å². The molecule has 21 heavy (non-hydrogen) atoms. The molecule has 5 heteroatoms. The lowest BCUT2D eigenvalue weighted by Crippen LogP contribution is -2.45. The van der Waals surface area contributed by atoms with Crippen LogP contribution in [0.2, 0.25) is 0 Å². The lowest BCUT2D eigenvalue weighted by molar-refractivity contribution is -0.121. The number of fused-ring (bicyclic) bond motifs is 1. The highest BCUT2D eigenvalue weighted by atomic mass is 16.5. The topological polar surface area (TPSA) is 73.6 Å². The highest BCUT2D eigenvalue weighted by molar-refractivity contribution is 5.80. The van der Waals surface area contributed by atoms with Crippen molar-refractivity contribution >= 4 is 5.91 Å². The molecule has 0 saturated heterocycles. The third-order valence-corrected chi connectivity index (χ3v) is 3.67. The molecule has 0 radical (unpaired) electrons. The second-order valence-corrected chi connectivity index (χ2v) is 5.77. The third kappa shape index (κ3) is 3.88. The fourth-order valence-electron chi connectivity index (χ4n) is 2.42. The first-order valence-corrected chi connectivity index (χ1v) is 7.44. The molecule has 0 aliphatic carbocycles. The van der Waals surface area contributed by atoms with Crippen molar-refractivity contribution in [2.45, 2.75) is 39.3 Å². The molecular weight excluding hydrogens is 268 g/mol. The van der Waals surface area contributed by atoms with Gasteiger partial charge in [-0.2, -0.15) is 0 Å². The van der Waals surface area contributed by atoms with Gasteiger partial charge in [-0.25, -0.2) is 0 Å². The van der Waals surface area contributed by atoms with E-state index in [1.807, 2.05) is 39.0 Å². The van der Waals surface area contributed by atoms with Crippen LogP contribution >= 0.6 is 0 Å². The molecule has 116 valence electrons. The molecule has 3 N–H and O–H groups in total. The van der Waals surface area contributed by atoms with Gasteiger partial charge in [-0.1, -0.05) is 19.9 Å². The minimum atomic E-state index is -0.351. The Morgan fingerprint density at radius 3 is 2.48 bits per heavy atom. The summed E-state index contributed by atoms with van der Waals surface area (Å²) in [6.45, 7) is 7.30. The molecule has 1 aliphatic rings. The van der Waals surface area contributed by atoms with Gasteiger partial charge in [-0.3, -0.25) is 10.1 Å². The fraction of sp³-hybridized carbons (Fsp3) is 0.562. The second-order valence-electron chi connectivity index (χ2n) is 5.77. The second kappa shape index (κ2) is 6.80. The van der Waals surface area contributed by atoms with E-state index in [9.17, 15) is 4.79 Å². The van der Waals surface area contributed by atoms with Crippen LogP contribution in [0.15, 0.2) is 18.2 Å². The van der Waals surface area contributed by atoms with Crippen LogP contribution in [0.4, 0.5) is 0 Å². The maximum Gasteiger partial charge on any atom is 0.234 e. The molecule has 2 atom stereocenters. The van der Waals surface area contributed by atoms with Gasteiger partial charge in [0.15, 0.2) is 11.5 Å². The summed E-state index contributed by atoms with van der Waals surface area (Å²) in [5.41, 5.74) is 6.50. The lowest BCUT2D eigenvalue weighted by atomic mass is 10.0. The van der Waals surface area contributed by atoms with Gasteiger partial charge < -0.3 is 15.2 Å². The molecule has 1 aromatic rings. The highest BCUT2D eigenvalue weighted by Crippen LogP contribution is 2.32. The van der Waals surface area contributed by atoms with Crippen LogP contribution in [0.5, 0.6) is 11.5 Å². The monoisotopic (exact) mass is 292 g/mol. The number of benzene rings is 1. The van der Waals surface area contributed by atoms with Crippen molar-refractivity contribution < 1.29 is 14.3 Å². The van der Waals surface area contributed by atoms with E-state index in [0.29, 0.717) is 13.2 Å². The quantitative estimate of drug-likeness (QED) is 0.870. The summed E-state index contributed by atoms with van der Waals surface area (Å²) in [4.78, 5) is 11.5. The SMILES string of the molecule is CC(NC(C(N)=O)C(C)C)c1ccc2c(c1)OCCCO2. The zero-order chi connectivity index (χ0) is 15.4. The molecule has 0 spiro atoms. The molecular formula is C16H24N2O3. The Morgan fingerprint density at radius 2 is 1.86 bits per heavy atom. The smallest absolute Gasteiger partial charge is 0.234 e. The number of nitrogens with two attached hydrogens (primary N) is 1. The number of primary amides is 1. The maximum absolute atomic E-state index is 11.5. The molecule has 1 heterocycles. The largest absolute Gasteiger partial charge is 0.490 e. The fourth-order valence-corrected chi connectivity index (χ4v) is 2.42. The lowest BCUT2D eigenvalue weighted by Gasteiger charge is -2.24. The van der Waals surface area contributed by atoms with Gasteiger partial charge in [-0.05, 0) is 30.5 Å². The van der Waals surface area contributed by atoms with E-state index in [-0.39, 0.29) is 23.9 Å². The molecule has 0 saturated carbocycles. The van der Waals surface area contributed by atoms with Crippen LogP contribution in [0.1, 0.15) is 38.8 Å². The molecule has 1 amide bonds. The first-order valence-electron chi connectivity index (χ1n) is 7.44. The van der Waals surface area contributed by atoms with Crippen molar-refractivity contribution in [1.82, 2.24) is 5.32 Å². The summed E-state index contributed by atoms with van der Waals surface area (Å²) < 4.78 is 11.3. The number of rotatable bonds is 5. The van der Waals surface area contributed by atoms with Crippen LogP contribution in [0.3, 0.4) is 0 Å². The average molecular weight is 292 g/mol. The third-order valence-electron chi connectivity index (χ3n) is 3.67. The normalized spacial score (nSPS) is 17.1. The van der Waals surface area contributed by atoms with Gasteiger partial charge in [0.25, 0.3) is 0 Å². The highest BCUT2D eigenvalue weighted by Gasteiger charge is 2.22. The molecule has 0 bridgehead atoms. The zero-order valence-electron chi connectivity index (χ0n) is 12.9. The Kier molecular flexibility index (Phi) is 5.07. The van der Waals surface area contributed by atoms with Gasteiger partial charge in [-0.15, -0.1) is 0 Å². The van der Waals surface area contributed by atoms with E-state index in [4.69, 9.17) is 15.2 Å². The number of carbonyl (C=O) groups is 1. The van der Waals surface area contributed by atoms with Crippen molar-refractivity contribution in [1.29, 1.82) is 0 Å². The van der Waals surface area contributed by atoms with Gasteiger partial charge in [0.2, 0.25) is 5.91 Å². The number of hydrogen-bond donors (Lipinski definition) is 2. The molecule has 0 aromatic heterocycles. The summed E-state index contributed by atoms with van der Waals surface area (Å²) >= 11 is 0. The van der Waals surface area contributed by atoms with E-state index >= 15 is 0 Å². The molecule has 1 aromatic carbocycles. The standard InChI is InChI=1S/C16H24N2O3/c1-10(2)15(16(17)19)18-11(3)12-5-6-13-14(9-12)21-8-4-7-20-13/h5-6,9-11,15,18H,4,7-8H2,1-3H3,(H2,17,19). The average Bonchev–Trinajstić information content (AvgIpc) is 2.68. The number of carbonyl (C=O) groups excluding carboxylic acids is 1. The predicted molar refractivity (Wildman–Crippen MR) is 81.4 cm³/mol. The summed E-state index contributed by atoms with van der Waals surface area (Å²) in [6, 6.07) is 5.53. The first kappa shape index (κ1) is 15.6. The van der Waals surface area contributed by atoms with Crippen molar-refractivity contribution in [3.05, 3.63) is 23.8 Å². The van der Waals surface area contributed by atoms with E-state index in [0.717, 1.165) is 23.5 Å². The van der Waals surface area contributed by atoms with Gasteiger partial charge in [0.1, 0.15) is 0 Å². The van der Waals surface area contributed by atoms with Crippen LogP contribution < -0.4 is 20.5 Å². The van der Waals surface area contributed by atoms with Gasteiger partial charge >= 0.3 is 0 Å². The summed E-state index contributed by atoms with van der Waals surface area (Å²) in [5, 5.41) is 3.28. The van der Waals surface area contributed by atoms with Crippen molar-refractivity contribution in [3.8, 4) is 11.5 Å².